The Balaban J connectivity index is 1.72. The number of carboxylic acids is 1. The molecular weight excluding hydrogens is 272 g/mol. The number of nitrogens with one attached hydrogen (secondary N) is 2. The van der Waals surface area contributed by atoms with Gasteiger partial charge in [-0.15, -0.1) is 0 Å². The van der Waals surface area contributed by atoms with Crippen LogP contribution in [0.3, 0.4) is 0 Å². The molecule has 1 fully saturated rings. The van der Waals surface area contributed by atoms with Crippen LogP contribution in [-0.2, 0) is 6.54 Å². The van der Waals surface area contributed by atoms with Crippen LogP contribution in [-0.4, -0.2) is 35.4 Å². The van der Waals surface area contributed by atoms with E-state index < -0.39 is 5.97 Å². The lowest BCUT2D eigenvalue weighted by atomic mass is 10.0. The number of hydrogen-bond donors (Lipinski definition) is 4. The highest BCUT2D eigenvalue weighted by molar-refractivity contribution is 5.87. The van der Waals surface area contributed by atoms with Crippen LogP contribution in [0.4, 0.5) is 4.79 Å². The maximum atomic E-state index is 11.7. The number of amides is 2. The first-order valence-corrected chi connectivity index (χ1v) is 6.99. The first-order valence-electron chi connectivity index (χ1n) is 6.99. The Bertz CT molecular complexity index is 509. The van der Waals surface area contributed by atoms with Crippen molar-refractivity contribution in [2.45, 2.75) is 25.8 Å². The van der Waals surface area contributed by atoms with Crippen molar-refractivity contribution < 1.29 is 19.8 Å². The van der Waals surface area contributed by atoms with Crippen LogP contribution in [0.15, 0.2) is 24.3 Å². The topological polar surface area (TPSA) is 98.7 Å². The van der Waals surface area contributed by atoms with Crippen LogP contribution >= 0.6 is 0 Å². The zero-order valence-electron chi connectivity index (χ0n) is 11.8. The predicted octanol–water partition coefficient (Wildman–Crippen LogP) is 1.35. The summed E-state index contributed by atoms with van der Waals surface area (Å²) in [7, 11) is 0. The van der Waals surface area contributed by atoms with Crippen LogP contribution in [0.5, 0.6) is 0 Å². The third kappa shape index (κ3) is 4.46. The van der Waals surface area contributed by atoms with E-state index in [-0.39, 0.29) is 23.6 Å². The van der Waals surface area contributed by atoms with E-state index in [0.717, 1.165) is 24.8 Å². The molecule has 0 saturated heterocycles. The lowest BCUT2D eigenvalue weighted by Gasteiger charge is -2.15. The highest BCUT2D eigenvalue weighted by Gasteiger charge is 2.41. The van der Waals surface area contributed by atoms with Crippen molar-refractivity contribution in [3.63, 3.8) is 0 Å². The average Bonchev–Trinajstić information content (AvgIpc) is 3.24. The van der Waals surface area contributed by atoms with Crippen molar-refractivity contribution in [2.75, 3.05) is 13.2 Å². The van der Waals surface area contributed by atoms with Gasteiger partial charge in [0.25, 0.3) is 0 Å². The summed E-state index contributed by atoms with van der Waals surface area (Å²) in [5.41, 5.74) is 1.16. The Morgan fingerprint density at radius 3 is 2.33 bits per heavy atom. The van der Waals surface area contributed by atoms with Gasteiger partial charge in [0.2, 0.25) is 0 Å². The lowest BCUT2D eigenvalue weighted by Crippen LogP contribution is -2.38. The van der Waals surface area contributed by atoms with Gasteiger partial charge in [0, 0.05) is 19.7 Å². The van der Waals surface area contributed by atoms with Gasteiger partial charge in [-0.2, -0.15) is 0 Å². The summed E-state index contributed by atoms with van der Waals surface area (Å²) < 4.78 is 0. The van der Waals surface area contributed by atoms with Gasteiger partial charge in [0.1, 0.15) is 0 Å². The highest BCUT2D eigenvalue weighted by atomic mass is 16.4. The van der Waals surface area contributed by atoms with Gasteiger partial charge < -0.3 is 20.8 Å². The van der Waals surface area contributed by atoms with Crippen LogP contribution in [0, 0.1) is 5.41 Å². The van der Waals surface area contributed by atoms with Crippen LogP contribution in [0.25, 0.3) is 0 Å². The number of carbonyl (C=O) groups is 2. The van der Waals surface area contributed by atoms with Crippen LogP contribution in [0.2, 0.25) is 0 Å². The number of carbonyl (C=O) groups excluding carboxylic acids is 1. The maximum Gasteiger partial charge on any atom is 0.335 e. The Hall–Kier alpha value is -2.08. The van der Waals surface area contributed by atoms with Crippen molar-refractivity contribution in [1.82, 2.24) is 10.6 Å². The minimum Gasteiger partial charge on any atom is -0.478 e. The molecule has 0 bridgehead atoms. The van der Waals surface area contributed by atoms with Crippen molar-refractivity contribution in [3.05, 3.63) is 35.4 Å². The Labute approximate surface area is 123 Å². The molecule has 1 saturated carbocycles. The molecule has 1 aromatic carbocycles. The zero-order chi connectivity index (χ0) is 15.3. The van der Waals surface area contributed by atoms with E-state index in [2.05, 4.69) is 10.6 Å². The lowest BCUT2D eigenvalue weighted by molar-refractivity contribution is 0.0697. The fraction of sp³-hybridized carbons (Fsp3) is 0.467. The maximum absolute atomic E-state index is 11.7. The number of rotatable bonds is 7. The average molecular weight is 292 g/mol. The number of benzene rings is 1. The minimum atomic E-state index is -0.967. The molecule has 0 heterocycles. The molecule has 6 heteroatoms. The van der Waals surface area contributed by atoms with E-state index in [9.17, 15) is 9.59 Å². The van der Waals surface area contributed by atoms with Gasteiger partial charge in [-0.3, -0.25) is 0 Å². The van der Waals surface area contributed by atoms with Gasteiger partial charge in [-0.25, -0.2) is 9.59 Å². The molecule has 6 nitrogen and oxygen atoms in total. The van der Waals surface area contributed by atoms with Gasteiger partial charge in [-0.1, -0.05) is 12.1 Å². The molecule has 0 atom stereocenters. The Kier molecular flexibility index (Phi) is 4.80. The SMILES string of the molecule is O=C(NCc1ccc(C(=O)O)cc1)NCC1(CCO)CC1. The normalized spacial score (nSPS) is 15.3. The summed E-state index contributed by atoms with van der Waals surface area (Å²) in [5.74, 6) is -0.967. The molecule has 21 heavy (non-hydrogen) atoms. The number of hydrogen-bond acceptors (Lipinski definition) is 3. The third-order valence-electron chi connectivity index (χ3n) is 3.88. The molecule has 0 radical (unpaired) electrons. The zero-order valence-corrected chi connectivity index (χ0v) is 11.8. The fourth-order valence-corrected chi connectivity index (χ4v) is 2.21. The van der Waals surface area contributed by atoms with E-state index in [1.807, 2.05) is 0 Å². The molecule has 114 valence electrons. The molecule has 1 aromatic rings. The summed E-state index contributed by atoms with van der Waals surface area (Å²) in [6, 6.07) is 6.13. The molecule has 1 aliphatic carbocycles. The molecule has 2 amide bonds. The summed E-state index contributed by atoms with van der Waals surface area (Å²) in [6.45, 7) is 1.08. The largest absolute Gasteiger partial charge is 0.478 e. The molecule has 1 aliphatic rings. The second kappa shape index (κ2) is 6.58. The quantitative estimate of drug-likeness (QED) is 0.609. The fourth-order valence-electron chi connectivity index (χ4n) is 2.21. The highest BCUT2D eigenvalue weighted by Crippen LogP contribution is 2.47. The number of urea groups is 1. The first kappa shape index (κ1) is 15.3. The van der Waals surface area contributed by atoms with Crippen LogP contribution < -0.4 is 10.6 Å². The smallest absolute Gasteiger partial charge is 0.335 e. The Morgan fingerprint density at radius 1 is 1.14 bits per heavy atom. The molecule has 0 spiro atoms. The van der Waals surface area contributed by atoms with Gasteiger partial charge in [0.05, 0.1) is 5.56 Å². The monoisotopic (exact) mass is 292 g/mol. The van der Waals surface area contributed by atoms with E-state index in [1.165, 1.54) is 12.1 Å². The van der Waals surface area contributed by atoms with Crippen molar-refractivity contribution in [1.29, 1.82) is 0 Å². The molecule has 0 unspecified atom stereocenters. The molecular formula is C15H20N2O4. The summed E-state index contributed by atoms with van der Waals surface area (Å²) in [4.78, 5) is 22.4. The van der Waals surface area contributed by atoms with Crippen molar-refractivity contribution in [2.24, 2.45) is 5.41 Å². The Morgan fingerprint density at radius 2 is 1.81 bits per heavy atom. The van der Waals surface area contributed by atoms with E-state index in [1.54, 1.807) is 12.1 Å². The summed E-state index contributed by atoms with van der Waals surface area (Å²) in [6.07, 6.45) is 2.82. The second-order valence-corrected chi connectivity index (χ2v) is 5.51. The van der Waals surface area contributed by atoms with Crippen LogP contribution in [0.1, 0.15) is 35.2 Å². The number of carboxylic acid groups (broad SMARTS) is 1. The number of aliphatic hydroxyl groups is 1. The minimum absolute atomic E-state index is 0.0925. The van der Waals surface area contributed by atoms with E-state index >= 15 is 0 Å². The van der Waals surface area contributed by atoms with Crippen molar-refractivity contribution in [3.8, 4) is 0 Å². The third-order valence-corrected chi connectivity index (χ3v) is 3.88. The predicted molar refractivity (Wildman–Crippen MR) is 77.0 cm³/mol. The second-order valence-electron chi connectivity index (χ2n) is 5.51. The molecule has 0 aromatic heterocycles. The number of aliphatic hydroxyl groups excluding tert-OH is 1. The molecule has 4 N–H and O–H groups in total. The van der Waals surface area contributed by atoms with E-state index in [4.69, 9.17) is 10.2 Å². The van der Waals surface area contributed by atoms with Gasteiger partial charge in [-0.05, 0) is 42.4 Å². The first-order chi connectivity index (χ1) is 10.0. The van der Waals surface area contributed by atoms with E-state index in [0.29, 0.717) is 13.1 Å². The van der Waals surface area contributed by atoms with Crippen molar-refractivity contribution >= 4 is 12.0 Å². The summed E-state index contributed by atoms with van der Waals surface area (Å²) in [5, 5.41) is 23.3. The summed E-state index contributed by atoms with van der Waals surface area (Å²) >= 11 is 0. The van der Waals surface area contributed by atoms with Gasteiger partial charge in [0.15, 0.2) is 0 Å². The number of aromatic carboxylic acids is 1. The van der Waals surface area contributed by atoms with Gasteiger partial charge >= 0.3 is 12.0 Å². The molecule has 2 rings (SSSR count). The molecule has 0 aliphatic heterocycles. The standard InChI is InChI=1S/C15H20N2O4/c18-8-7-15(5-6-15)10-17-14(21)16-9-11-1-3-12(4-2-11)13(19)20/h1-4,18H,5-10H2,(H,19,20)(H2,16,17,21).